The molecule has 1 N–H and O–H groups in total. The molecule has 0 radical (unpaired) electrons. The van der Waals surface area contributed by atoms with E-state index >= 15 is 0 Å². The highest BCUT2D eigenvalue weighted by Gasteiger charge is 2.25. The Balaban J connectivity index is 2.68. The molecule has 0 aliphatic carbocycles. The summed E-state index contributed by atoms with van der Waals surface area (Å²) in [5.41, 5.74) is -0.876. The summed E-state index contributed by atoms with van der Waals surface area (Å²) >= 11 is 0. The lowest BCUT2D eigenvalue weighted by Gasteiger charge is -2.25. The van der Waals surface area contributed by atoms with Gasteiger partial charge in [-0.3, -0.25) is 5.32 Å². The maximum atomic E-state index is 13.0. The van der Waals surface area contributed by atoms with Crippen molar-refractivity contribution >= 4 is 0 Å². The minimum absolute atomic E-state index is 0.0484. The summed E-state index contributed by atoms with van der Waals surface area (Å²) in [5, 5.41) is 12.1. The van der Waals surface area contributed by atoms with E-state index in [0.29, 0.717) is 0 Å². The zero-order valence-electron chi connectivity index (χ0n) is 10.6. The summed E-state index contributed by atoms with van der Waals surface area (Å²) in [6, 6.07) is 5.49. The highest BCUT2D eigenvalue weighted by atomic mass is 19.2. The molecule has 1 aromatic rings. The van der Waals surface area contributed by atoms with Crippen molar-refractivity contribution in [1.29, 1.82) is 5.26 Å². The van der Waals surface area contributed by atoms with E-state index in [1.54, 1.807) is 6.92 Å². The van der Waals surface area contributed by atoms with Crippen molar-refractivity contribution in [2.75, 3.05) is 6.61 Å². The number of nitrogens with one attached hydrogen (secondary N) is 1. The van der Waals surface area contributed by atoms with Crippen molar-refractivity contribution in [2.45, 2.75) is 32.4 Å². The third-order valence-corrected chi connectivity index (χ3v) is 2.27. The molecule has 0 fully saturated rings. The lowest BCUT2D eigenvalue weighted by molar-refractivity contribution is 0.224. The Kier molecular flexibility index (Phi) is 4.62. The Bertz CT molecular complexity index is 457. The van der Waals surface area contributed by atoms with E-state index in [4.69, 9.17) is 10.00 Å². The van der Waals surface area contributed by atoms with E-state index in [9.17, 15) is 8.78 Å². The Labute approximate surface area is 105 Å². The van der Waals surface area contributed by atoms with Crippen LogP contribution >= 0.6 is 0 Å². The predicted octanol–water partition coefficient (Wildman–Crippen LogP) is 2.62. The van der Waals surface area contributed by atoms with E-state index < -0.39 is 17.2 Å². The van der Waals surface area contributed by atoms with Gasteiger partial charge < -0.3 is 4.74 Å². The van der Waals surface area contributed by atoms with Gasteiger partial charge in [-0.2, -0.15) is 5.26 Å². The molecule has 0 saturated carbocycles. The third kappa shape index (κ3) is 3.97. The van der Waals surface area contributed by atoms with Crippen molar-refractivity contribution in [2.24, 2.45) is 0 Å². The molecule has 1 aromatic carbocycles. The van der Waals surface area contributed by atoms with Crippen LogP contribution in [-0.2, 0) is 0 Å². The fourth-order valence-electron chi connectivity index (χ4n) is 1.54. The van der Waals surface area contributed by atoms with E-state index in [2.05, 4.69) is 11.4 Å². The molecule has 18 heavy (non-hydrogen) atoms. The molecule has 0 amide bonds. The number of nitriles is 1. The summed E-state index contributed by atoms with van der Waals surface area (Å²) in [7, 11) is 0. The minimum atomic E-state index is -0.969. The predicted molar refractivity (Wildman–Crippen MR) is 64.1 cm³/mol. The van der Waals surface area contributed by atoms with E-state index in [0.717, 1.165) is 12.1 Å². The number of halogens is 2. The molecule has 0 aromatic heterocycles. The number of rotatable bonds is 5. The summed E-state index contributed by atoms with van der Waals surface area (Å²) in [6.07, 6.45) is 0. The van der Waals surface area contributed by atoms with Gasteiger partial charge in [0.1, 0.15) is 17.9 Å². The van der Waals surface area contributed by atoms with Gasteiger partial charge in [-0.15, -0.1) is 0 Å². The topological polar surface area (TPSA) is 45.0 Å². The first-order chi connectivity index (χ1) is 8.36. The largest absolute Gasteiger partial charge is 0.490 e. The third-order valence-electron chi connectivity index (χ3n) is 2.27. The van der Waals surface area contributed by atoms with Crippen LogP contribution in [0.2, 0.25) is 0 Å². The first kappa shape index (κ1) is 14.4. The SMILES string of the molecule is CC(C)NC(C)(C#N)COc1ccc(F)c(F)c1. The van der Waals surface area contributed by atoms with Crippen LogP contribution in [0, 0.1) is 23.0 Å². The number of ether oxygens (including phenoxy) is 1. The number of benzene rings is 1. The van der Waals surface area contributed by atoms with Gasteiger partial charge in [0.15, 0.2) is 11.6 Å². The fourth-order valence-corrected chi connectivity index (χ4v) is 1.54. The van der Waals surface area contributed by atoms with Crippen LogP contribution in [0.3, 0.4) is 0 Å². The van der Waals surface area contributed by atoms with Gasteiger partial charge in [-0.1, -0.05) is 0 Å². The lowest BCUT2D eigenvalue weighted by atomic mass is 10.1. The Hall–Kier alpha value is -1.67. The maximum absolute atomic E-state index is 13.0. The summed E-state index contributed by atoms with van der Waals surface area (Å²) in [6.45, 7) is 5.56. The second-order valence-electron chi connectivity index (χ2n) is 4.61. The second-order valence-corrected chi connectivity index (χ2v) is 4.61. The van der Waals surface area contributed by atoms with Crippen LogP contribution in [-0.4, -0.2) is 18.2 Å². The highest BCUT2D eigenvalue weighted by molar-refractivity contribution is 5.24. The van der Waals surface area contributed by atoms with E-state index in [1.807, 2.05) is 13.8 Å². The van der Waals surface area contributed by atoms with Crippen LogP contribution in [0.5, 0.6) is 5.75 Å². The molecule has 0 aliphatic rings. The Morgan fingerprint density at radius 3 is 2.56 bits per heavy atom. The minimum Gasteiger partial charge on any atom is -0.490 e. The molecule has 1 rings (SSSR count). The van der Waals surface area contributed by atoms with Crippen LogP contribution in [0.4, 0.5) is 8.78 Å². The Morgan fingerprint density at radius 2 is 2.06 bits per heavy atom. The van der Waals surface area contributed by atoms with Gasteiger partial charge in [-0.25, -0.2) is 8.78 Å². The van der Waals surface area contributed by atoms with Gasteiger partial charge in [0.05, 0.1) is 6.07 Å². The number of nitrogens with zero attached hydrogens (tertiary/aromatic N) is 1. The van der Waals surface area contributed by atoms with Crippen LogP contribution in [0.1, 0.15) is 20.8 Å². The second kappa shape index (κ2) is 5.78. The monoisotopic (exact) mass is 254 g/mol. The van der Waals surface area contributed by atoms with E-state index in [1.165, 1.54) is 6.07 Å². The molecule has 0 aliphatic heterocycles. The van der Waals surface area contributed by atoms with Gasteiger partial charge in [0.25, 0.3) is 0 Å². The van der Waals surface area contributed by atoms with Gasteiger partial charge in [0.2, 0.25) is 0 Å². The molecule has 0 spiro atoms. The fraction of sp³-hybridized carbons (Fsp3) is 0.462. The molecule has 1 atom stereocenters. The van der Waals surface area contributed by atoms with Crippen LogP contribution in [0.15, 0.2) is 18.2 Å². The van der Waals surface area contributed by atoms with Crippen molar-refractivity contribution in [3.63, 3.8) is 0 Å². The number of hydrogen-bond donors (Lipinski definition) is 1. The molecule has 3 nitrogen and oxygen atoms in total. The molecule has 1 unspecified atom stereocenters. The van der Waals surface area contributed by atoms with Gasteiger partial charge >= 0.3 is 0 Å². The highest BCUT2D eigenvalue weighted by Crippen LogP contribution is 2.17. The van der Waals surface area contributed by atoms with E-state index in [-0.39, 0.29) is 18.4 Å². The Morgan fingerprint density at radius 1 is 1.39 bits per heavy atom. The lowest BCUT2D eigenvalue weighted by Crippen LogP contribution is -2.49. The maximum Gasteiger partial charge on any atom is 0.162 e. The summed E-state index contributed by atoms with van der Waals surface area (Å²) in [5.74, 6) is -1.70. The average molecular weight is 254 g/mol. The van der Waals surface area contributed by atoms with Crippen LogP contribution < -0.4 is 10.1 Å². The molecule has 0 saturated heterocycles. The van der Waals surface area contributed by atoms with Crippen molar-refractivity contribution in [1.82, 2.24) is 5.32 Å². The summed E-state index contributed by atoms with van der Waals surface area (Å²) < 4.78 is 31.0. The van der Waals surface area contributed by atoms with Crippen LogP contribution in [0.25, 0.3) is 0 Å². The standard InChI is InChI=1S/C13H16F2N2O/c1-9(2)17-13(3,7-16)8-18-10-4-5-11(14)12(15)6-10/h4-6,9,17H,8H2,1-3H3. The quantitative estimate of drug-likeness (QED) is 0.878. The molecule has 98 valence electrons. The zero-order chi connectivity index (χ0) is 13.8. The zero-order valence-corrected chi connectivity index (χ0v) is 10.6. The molecule has 0 heterocycles. The normalized spacial score (nSPS) is 14.1. The molecule has 5 heteroatoms. The molecule has 0 bridgehead atoms. The van der Waals surface area contributed by atoms with Crippen molar-refractivity contribution in [3.8, 4) is 11.8 Å². The smallest absolute Gasteiger partial charge is 0.162 e. The number of hydrogen-bond acceptors (Lipinski definition) is 3. The first-order valence-corrected chi connectivity index (χ1v) is 5.63. The van der Waals surface area contributed by atoms with Crippen molar-refractivity contribution < 1.29 is 13.5 Å². The first-order valence-electron chi connectivity index (χ1n) is 5.63. The van der Waals surface area contributed by atoms with Crippen molar-refractivity contribution in [3.05, 3.63) is 29.8 Å². The van der Waals surface area contributed by atoms with Gasteiger partial charge in [0, 0.05) is 12.1 Å². The molecular weight excluding hydrogens is 238 g/mol. The summed E-state index contributed by atoms with van der Waals surface area (Å²) in [4.78, 5) is 0. The molecular formula is C13H16F2N2O. The average Bonchev–Trinajstić information content (AvgIpc) is 2.30. The van der Waals surface area contributed by atoms with Gasteiger partial charge in [-0.05, 0) is 32.9 Å².